The number of methoxy groups -OCH3 is 1. The molecule has 0 aliphatic carbocycles. The molecule has 1 saturated heterocycles. The van der Waals surface area contributed by atoms with Gasteiger partial charge in [-0.1, -0.05) is 17.3 Å². The lowest BCUT2D eigenvalue weighted by atomic mass is 9.98. The number of carbonyl (C=O) groups excluding carboxylic acids is 1. The van der Waals surface area contributed by atoms with Crippen molar-refractivity contribution in [2.24, 2.45) is 11.1 Å². The number of unbranched alkanes of at least 4 members (excludes halogenated alkanes) is 1. The van der Waals surface area contributed by atoms with E-state index < -0.39 is 0 Å². The van der Waals surface area contributed by atoms with Gasteiger partial charge in [0.05, 0.1) is 19.8 Å². The molecule has 0 amide bonds. The van der Waals surface area contributed by atoms with Crippen LogP contribution in [0.5, 0.6) is 0 Å². The minimum Gasteiger partial charge on any atom is -0.469 e. The van der Waals surface area contributed by atoms with E-state index in [1.54, 1.807) is 0 Å². The quantitative estimate of drug-likeness (QED) is 0.296. The molecule has 0 aromatic rings. The molecule has 1 aliphatic rings. The Labute approximate surface area is 119 Å². The molecule has 114 valence electrons. The molecule has 0 saturated carbocycles. The van der Waals surface area contributed by atoms with Gasteiger partial charge < -0.3 is 14.2 Å². The summed E-state index contributed by atoms with van der Waals surface area (Å²) in [6.07, 6.45) is 6.46. The first-order chi connectivity index (χ1) is 9.67. The summed E-state index contributed by atoms with van der Waals surface area (Å²) in [4.78, 5) is 21.3. The Balaban J connectivity index is 2.24. The van der Waals surface area contributed by atoms with Crippen LogP contribution in [0.1, 0.15) is 32.6 Å². The number of ether oxygens (including phenoxy) is 3. The predicted octanol–water partition coefficient (Wildman–Crippen LogP) is 2.42. The van der Waals surface area contributed by atoms with E-state index >= 15 is 0 Å². The van der Waals surface area contributed by atoms with Crippen molar-refractivity contribution in [1.29, 1.82) is 0 Å². The summed E-state index contributed by atoms with van der Waals surface area (Å²) in [6.45, 7) is 2.55. The number of hydrogen-bond acceptors (Lipinski definition) is 6. The highest BCUT2D eigenvalue weighted by Crippen LogP contribution is 2.22. The van der Waals surface area contributed by atoms with E-state index in [1.807, 2.05) is 19.1 Å². The molecule has 0 radical (unpaired) electrons. The highest BCUT2D eigenvalue weighted by molar-refractivity contribution is 5.68. The largest absolute Gasteiger partial charge is 0.469 e. The molecule has 0 spiro atoms. The second kappa shape index (κ2) is 9.61. The first kappa shape index (κ1) is 16.8. The first-order valence-corrected chi connectivity index (χ1v) is 6.95. The van der Waals surface area contributed by atoms with E-state index in [9.17, 15) is 9.70 Å². The van der Waals surface area contributed by atoms with Crippen molar-refractivity contribution in [2.45, 2.75) is 45.0 Å². The van der Waals surface area contributed by atoms with Crippen molar-refractivity contribution in [3.63, 3.8) is 0 Å². The van der Waals surface area contributed by atoms with Crippen molar-refractivity contribution < 1.29 is 19.0 Å². The minimum absolute atomic E-state index is 0.153. The lowest BCUT2D eigenvalue weighted by molar-refractivity contribution is -0.223. The fourth-order valence-corrected chi connectivity index (χ4v) is 2.10. The molecule has 0 N–H and O–H groups in total. The van der Waals surface area contributed by atoms with Crippen LogP contribution in [0.2, 0.25) is 0 Å². The third kappa shape index (κ3) is 6.25. The van der Waals surface area contributed by atoms with Crippen LogP contribution in [0.15, 0.2) is 17.3 Å². The van der Waals surface area contributed by atoms with Gasteiger partial charge in [0.2, 0.25) is 0 Å². The molecule has 0 unspecified atom stereocenters. The van der Waals surface area contributed by atoms with Gasteiger partial charge in [0.15, 0.2) is 6.29 Å². The molecule has 1 aliphatic heterocycles. The van der Waals surface area contributed by atoms with Crippen molar-refractivity contribution in [3.8, 4) is 0 Å². The summed E-state index contributed by atoms with van der Waals surface area (Å²) >= 11 is 0. The molecule has 1 heterocycles. The van der Waals surface area contributed by atoms with Crippen LogP contribution in [-0.4, -0.2) is 38.6 Å². The summed E-state index contributed by atoms with van der Waals surface area (Å²) in [6, 6.07) is 0. The van der Waals surface area contributed by atoms with Crippen molar-refractivity contribution >= 4 is 5.97 Å². The third-order valence-electron chi connectivity index (χ3n) is 3.28. The average Bonchev–Trinajstić information content (AvgIpc) is 2.44. The summed E-state index contributed by atoms with van der Waals surface area (Å²) in [5.74, 6) is -0.0284. The molecule has 0 aromatic carbocycles. The Morgan fingerprint density at radius 2 is 2.25 bits per heavy atom. The molecule has 0 bridgehead atoms. The Kier molecular flexibility index (Phi) is 8.06. The van der Waals surface area contributed by atoms with Crippen LogP contribution in [-0.2, 0) is 19.0 Å². The monoisotopic (exact) mass is 285 g/mol. The van der Waals surface area contributed by atoms with Gasteiger partial charge in [-0.25, -0.2) is 0 Å². The normalized spacial score (nSPS) is 26.6. The number of nitrogens with zero attached hydrogens (tertiary/aromatic N) is 1. The second-order valence-corrected chi connectivity index (χ2v) is 4.82. The maximum absolute atomic E-state index is 10.9. The van der Waals surface area contributed by atoms with E-state index in [0.717, 1.165) is 19.3 Å². The van der Waals surface area contributed by atoms with Gasteiger partial charge in [-0.15, -0.1) is 0 Å². The number of carbonyl (C=O) groups is 1. The number of rotatable bonds is 8. The standard InChI is InChI=1S/C14H23NO5/c1-11-19-10-12(13(20-11)9-15-17)7-5-3-4-6-8-14(16)18-2/h3,5,11-13H,4,6-10H2,1-2H3/t11-,12+,13+/m1/s1. The maximum Gasteiger partial charge on any atom is 0.305 e. The van der Waals surface area contributed by atoms with Crippen LogP contribution >= 0.6 is 0 Å². The number of esters is 1. The van der Waals surface area contributed by atoms with Crippen LogP contribution in [0, 0.1) is 10.8 Å². The van der Waals surface area contributed by atoms with E-state index in [2.05, 4.69) is 9.91 Å². The first-order valence-electron chi connectivity index (χ1n) is 6.95. The number of allylic oxidation sites excluding steroid dienone is 2. The fourth-order valence-electron chi connectivity index (χ4n) is 2.10. The van der Waals surface area contributed by atoms with Crippen molar-refractivity contribution in [2.75, 3.05) is 20.3 Å². The lowest BCUT2D eigenvalue weighted by Gasteiger charge is -2.33. The summed E-state index contributed by atoms with van der Waals surface area (Å²) < 4.78 is 15.5. The smallest absolute Gasteiger partial charge is 0.305 e. The molecule has 6 heteroatoms. The zero-order valence-corrected chi connectivity index (χ0v) is 12.1. The minimum atomic E-state index is -0.276. The SMILES string of the molecule is COC(=O)CCCC=CC[C@H]1CO[C@@H](C)O[C@H]1CN=O. The van der Waals surface area contributed by atoms with Gasteiger partial charge in [0.1, 0.15) is 6.54 Å². The van der Waals surface area contributed by atoms with Gasteiger partial charge in [0, 0.05) is 12.3 Å². The van der Waals surface area contributed by atoms with E-state index in [0.29, 0.717) is 13.0 Å². The Morgan fingerprint density at radius 3 is 2.95 bits per heavy atom. The topological polar surface area (TPSA) is 74.2 Å². The molecule has 0 aromatic heterocycles. The molecule has 6 nitrogen and oxygen atoms in total. The van der Waals surface area contributed by atoms with Gasteiger partial charge in [0.25, 0.3) is 0 Å². The molecule has 3 atom stereocenters. The lowest BCUT2D eigenvalue weighted by Crippen LogP contribution is -2.40. The fraction of sp³-hybridized carbons (Fsp3) is 0.786. The Bertz CT molecular complexity index is 332. The van der Waals surface area contributed by atoms with Gasteiger partial charge in [-0.3, -0.25) is 4.79 Å². The van der Waals surface area contributed by atoms with Crippen molar-refractivity contribution in [3.05, 3.63) is 17.1 Å². The number of nitroso groups, excluding NO2 is 1. The summed E-state index contributed by atoms with van der Waals surface area (Å²) in [5, 5.41) is 2.92. The molecule has 1 fully saturated rings. The van der Waals surface area contributed by atoms with E-state index in [4.69, 9.17) is 9.47 Å². The van der Waals surface area contributed by atoms with Crippen LogP contribution in [0.25, 0.3) is 0 Å². The third-order valence-corrected chi connectivity index (χ3v) is 3.28. The van der Waals surface area contributed by atoms with Crippen molar-refractivity contribution in [1.82, 2.24) is 0 Å². The highest BCUT2D eigenvalue weighted by Gasteiger charge is 2.29. The summed E-state index contributed by atoms with van der Waals surface area (Å²) in [5.41, 5.74) is 0. The molecular formula is C14H23NO5. The van der Waals surface area contributed by atoms with Gasteiger partial charge >= 0.3 is 5.97 Å². The van der Waals surface area contributed by atoms with Crippen LogP contribution in [0.4, 0.5) is 0 Å². The Hall–Kier alpha value is -1.27. The Morgan fingerprint density at radius 1 is 1.45 bits per heavy atom. The maximum atomic E-state index is 10.9. The van der Waals surface area contributed by atoms with E-state index in [1.165, 1.54) is 7.11 Å². The highest BCUT2D eigenvalue weighted by atomic mass is 16.7. The van der Waals surface area contributed by atoms with Gasteiger partial charge in [-0.05, 0) is 26.2 Å². The molecule has 1 rings (SSSR count). The van der Waals surface area contributed by atoms with Gasteiger partial charge in [-0.2, -0.15) is 4.91 Å². The second-order valence-electron chi connectivity index (χ2n) is 4.82. The zero-order valence-electron chi connectivity index (χ0n) is 12.1. The number of hydrogen-bond donors (Lipinski definition) is 0. The molecular weight excluding hydrogens is 262 g/mol. The van der Waals surface area contributed by atoms with Crippen LogP contribution < -0.4 is 0 Å². The van der Waals surface area contributed by atoms with Crippen LogP contribution in [0.3, 0.4) is 0 Å². The molecule has 20 heavy (non-hydrogen) atoms. The zero-order chi connectivity index (χ0) is 14.8. The average molecular weight is 285 g/mol. The summed E-state index contributed by atoms with van der Waals surface area (Å²) in [7, 11) is 1.39. The predicted molar refractivity (Wildman–Crippen MR) is 74.1 cm³/mol. The van der Waals surface area contributed by atoms with E-state index in [-0.39, 0.29) is 30.8 Å².